The van der Waals surface area contributed by atoms with E-state index in [0.29, 0.717) is 30.4 Å². The Balaban J connectivity index is 1.47. The van der Waals surface area contributed by atoms with Crippen LogP contribution < -0.4 is 5.43 Å². The standard InChI is InChI=1S/C20H22N4O3S/c1-15(19-13-16-7-3-4-8-18(16)27-19)22-23-20-10-9-17(14-21-20)28(25,26)24-11-5-2-6-12-24/h3-4,7-10,13-14H,2,5-6,11-12H2,1H3,(H,21,23)/b22-15+. The van der Waals surface area contributed by atoms with E-state index in [1.807, 2.05) is 37.3 Å². The molecule has 0 aliphatic carbocycles. The van der Waals surface area contributed by atoms with Gasteiger partial charge in [0.25, 0.3) is 0 Å². The van der Waals surface area contributed by atoms with Gasteiger partial charge in [0.1, 0.15) is 22.0 Å². The van der Waals surface area contributed by atoms with Crippen molar-refractivity contribution in [2.45, 2.75) is 31.1 Å². The van der Waals surface area contributed by atoms with Crippen molar-refractivity contribution in [3.05, 3.63) is 54.4 Å². The smallest absolute Gasteiger partial charge is 0.244 e. The van der Waals surface area contributed by atoms with Crippen molar-refractivity contribution in [1.82, 2.24) is 9.29 Å². The van der Waals surface area contributed by atoms with Gasteiger partial charge in [0.15, 0.2) is 5.76 Å². The average Bonchev–Trinajstić information content (AvgIpc) is 3.17. The third-order valence-corrected chi connectivity index (χ3v) is 6.69. The van der Waals surface area contributed by atoms with E-state index in [-0.39, 0.29) is 4.90 Å². The molecular formula is C20H22N4O3S. The van der Waals surface area contributed by atoms with Crippen molar-refractivity contribution in [3.8, 4) is 0 Å². The zero-order valence-electron chi connectivity index (χ0n) is 15.6. The number of para-hydroxylation sites is 1. The second-order valence-electron chi connectivity index (χ2n) is 6.80. The Morgan fingerprint density at radius 2 is 1.93 bits per heavy atom. The molecule has 0 radical (unpaired) electrons. The molecule has 3 heterocycles. The third kappa shape index (κ3) is 3.79. The van der Waals surface area contributed by atoms with Gasteiger partial charge in [0, 0.05) is 24.7 Å². The van der Waals surface area contributed by atoms with Crippen molar-refractivity contribution in [2.75, 3.05) is 18.5 Å². The van der Waals surface area contributed by atoms with Gasteiger partial charge >= 0.3 is 0 Å². The van der Waals surface area contributed by atoms with E-state index in [9.17, 15) is 8.42 Å². The number of nitrogens with one attached hydrogen (secondary N) is 1. The first-order valence-electron chi connectivity index (χ1n) is 9.29. The lowest BCUT2D eigenvalue weighted by Gasteiger charge is -2.25. The summed E-state index contributed by atoms with van der Waals surface area (Å²) < 4.78 is 32.6. The van der Waals surface area contributed by atoms with Crippen molar-refractivity contribution < 1.29 is 12.8 Å². The number of nitrogens with zero attached hydrogens (tertiary/aromatic N) is 3. The summed E-state index contributed by atoms with van der Waals surface area (Å²) >= 11 is 0. The van der Waals surface area contributed by atoms with E-state index < -0.39 is 10.0 Å². The Hall–Kier alpha value is -2.71. The Bertz CT molecular complexity index is 1060. The van der Waals surface area contributed by atoms with Gasteiger partial charge in [-0.2, -0.15) is 9.41 Å². The number of hydrogen-bond acceptors (Lipinski definition) is 6. The topological polar surface area (TPSA) is 87.8 Å². The quantitative estimate of drug-likeness (QED) is 0.521. The second-order valence-corrected chi connectivity index (χ2v) is 8.74. The number of fused-ring (bicyclic) bond motifs is 1. The summed E-state index contributed by atoms with van der Waals surface area (Å²) in [6.07, 6.45) is 4.26. The highest BCUT2D eigenvalue weighted by Crippen LogP contribution is 2.21. The lowest BCUT2D eigenvalue weighted by molar-refractivity contribution is 0.346. The molecule has 0 bridgehead atoms. The van der Waals surface area contributed by atoms with E-state index in [2.05, 4.69) is 15.5 Å². The number of benzene rings is 1. The van der Waals surface area contributed by atoms with Crippen LogP contribution in [0.1, 0.15) is 31.9 Å². The molecule has 1 aromatic carbocycles. The number of hydrazone groups is 1. The van der Waals surface area contributed by atoms with Crippen LogP contribution in [0.4, 0.5) is 5.82 Å². The molecule has 3 aromatic rings. The summed E-state index contributed by atoms with van der Waals surface area (Å²) in [5, 5.41) is 5.30. The van der Waals surface area contributed by atoms with E-state index in [0.717, 1.165) is 30.2 Å². The largest absolute Gasteiger partial charge is 0.455 e. The maximum absolute atomic E-state index is 12.7. The highest BCUT2D eigenvalue weighted by atomic mass is 32.2. The molecule has 4 rings (SSSR count). The first-order valence-corrected chi connectivity index (χ1v) is 10.7. The fourth-order valence-electron chi connectivity index (χ4n) is 3.21. The minimum Gasteiger partial charge on any atom is -0.455 e. The molecule has 7 nitrogen and oxygen atoms in total. The molecule has 1 aliphatic heterocycles. The number of sulfonamides is 1. The Labute approximate surface area is 164 Å². The molecule has 0 amide bonds. The molecule has 28 heavy (non-hydrogen) atoms. The first-order chi connectivity index (χ1) is 13.5. The van der Waals surface area contributed by atoms with Crippen molar-refractivity contribution in [1.29, 1.82) is 0 Å². The number of aromatic nitrogens is 1. The van der Waals surface area contributed by atoms with Gasteiger partial charge in [-0.05, 0) is 44.0 Å². The fraction of sp³-hybridized carbons (Fsp3) is 0.300. The van der Waals surface area contributed by atoms with Crippen LogP contribution in [-0.2, 0) is 10.0 Å². The zero-order chi connectivity index (χ0) is 19.6. The summed E-state index contributed by atoms with van der Waals surface area (Å²) in [4.78, 5) is 4.40. The van der Waals surface area contributed by atoms with E-state index in [1.54, 1.807) is 12.1 Å². The minimum absolute atomic E-state index is 0.206. The molecule has 1 fully saturated rings. The molecular weight excluding hydrogens is 376 g/mol. The summed E-state index contributed by atoms with van der Waals surface area (Å²) in [6.45, 7) is 2.98. The number of furan rings is 1. The molecule has 0 spiro atoms. The van der Waals surface area contributed by atoms with Crippen molar-refractivity contribution in [2.24, 2.45) is 5.10 Å². The van der Waals surface area contributed by atoms with Gasteiger partial charge in [-0.1, -0.05) is 24.6 Å². The van der Waals surface area contributed by atoms with Crippen LogP contribution in [0.15, 0.2) is 63.1 Å². The van der Waals surface area contributed by atoms with E-state index in [1.165, 1.54) is 10.5 Å². The monoisotopic (exact) mass is 398 g/mol. The number of piperidine rings is 1. The molecule has 2 aromatic heterocycles. The Morgan fingerprint density at radius 1 is 1.14 bits per heavy atom. The van der Waals surface area contributed by atoms with Gasteiger partial charge in [-0.15, -0.1) is 0 Å². The van der Waals surface area contributed by atoms with Gasteiger partial charge in [0.05, 0.1) is 0 Å². The average molecular weight is 398 g/mol. The number of anilines is 1. The van der Waals surface area contributed by atoms with Crippen molar-refractivity contribution in [3.63, 3.8) is 0 Å². The maximum atomic E-state index is 12.7. The summed E-state index contributed by atoms with van der Waals surface area (Å²) in [6, 6.07) is 12.9. The highest BCUT2D eigenvalue weighted by molar-refractivity contribution is 7.89. The Kier molecular flexibility index (Phi) is 5.15. The predicted octanol–water partition coefficient (Wildman–Crippen LogP) is 3.84. The molecule has 1 aliphatic rings. The summed E-state index contributed by atoms with van der Waals surface area (Å²) in [5.41, 5.74) is 4.33. The van der Waals surface area contributed by atoms with Crippen LogP contribution in [-0.4, -0.2) is 36.5 Å². The SMILES string of the molecule is C/C(=N\Nc1ccc(S(=O)(=O)N2CCCCC2)cn1)c1cc2ccccc2o1. The first kappa shape index (κ1) is 18.6. The molecule has 1 saturated heterocycles. The van der Waals surface area contributed by atoms with Crippen LogP contribution in [0.3, 0.4) is 0 Å². The lowest BCUT2D eigenvalue weighted by atomic mass is 10.2. The third-order valence-electron chi connectivity index (χ3n) is 4.81. The molecule has 0 unspecified atom stereocenters. The normalized spacial score (nSPS) is 16.4. The number of rotatable bonds is 5. The lowest BCUT2D eigenvalue weighted by Crippen LogP contribution is -2.35. The molecule has 0 atom stereocenters. The molecule has 1 N–H and O–H groups in total. The van der Waals surface area contributed by atoms with Crippen molar-refractivity contribution >= 4 is 32.5 Å². The van der Waals surface area contributed by atoms with Crippen LogP contribution >= 0.6 is 0 Å². The molecule has 146 valence electrons. The predicted molar refractivity (Wildman–Crippen MR) is 109 cm³/mol. The molecule has 0 saturated carbocycles. The minimum atomic E-state index is -3.48. The number of pyridine rings is 1. The van der Waals surface area contributed by atoms with Gasteiger partial charge in [-0.3, -0.25) is 5.43 Å². The maximum Gasteiger partial charge on any atom is 0.244 e. The van der Waals surface area contributed by atoms with E-state index >= 15 is 0 Å². The Morgan fingerprint density at radius 3 is 2.64 bits per heavy atom. The zero-order valence-corrected chi connectivity index (χ0v) is 16.4. The summed E-state index contributed by atoms with van der Waals surface area (Å²) in [5.74, 6) is 1.13. The number of hydrogen-bond donors (Lipinski definition) is 1. The van der Waals surface area contributed by atoms with Crippen LogP contribution in [0.2, 0.25) is 0 Å². The summed E-state index contributed by atoms with van der Waals surface area (Å²) in [7, 11) is -3.48. The van der Waals surface area contributed by atoms with E-state index in [4.69, 9.17) is 4.42 Å². The van der Waals surface area contributed by atoms with Gasteiger partial charge in [-0.25, -0.2) is 13.4 Å². The molecule has 8 heteroatoms. The van der Waals surface area contributed by atoms with Gasteiger partial charge < -0.3 is 4.42 Å². The highest BCUT2D eigenvalue weighted by Gasteiger charge is 2.26. The van der Waals surface area contributed by atoms with Crippen LogP contribution in [0.5, 0.6) is 0 Å². The van der Waals surface area contributed by atoms with Crippen LogP contribution in [0, 0.1) is 0 Å². The van der Waals surface area contributed by atoms with Crippen LogP contribution in [0.25, 0.3) is 11.0 Å². The van der Waals surface area contributed by atoms with Gasteiger partial charge in [0.2, 0.25) is 10.0 Å². The second kappa shape index (κ2) is 7.73. The fourth-order valence-corrected chi connectivity index (χ4v) is 4.67.